The van der Waals surface area contributed by atoms with Crippen LogP contribution in [0.1, 0.15) is 45.1 Å². The number of nitrogens with zero attached hydrogens (tertiary/aromatic N) is 1. The van der Waals surface area contributed by atoms with Crippen molar-refractivity contribution in [2.45, 2.75) is 44.9 Å². The molecule has 2 fully saturated rings. The van der Waals surface area contributed by atoms with Crippen LogP contribution in [0.4, 0.5) is 0 Å². The van der Waals surface area contributed by atoms with Crippen molar-refractivity contribution in [2.24, 2.45) is 5.41 Å². The molecule has 2 saturated heterocycles. The zero-order valence-electron chi connectivity index (χ0n) is 13.7. The molecule has 1 N–H and O–H groups in total. The summed E-state index contributed by atoms with van der Waals surface area (Å²) in [5.74, 6) is 0. The molecule has 2 heteroatoms. The first-order valence-electron chi connectivity index (χ1n) is 8.58. The minimum atomic E-state index is 0.238. The average Bonchev–Trinajstić information content (AvgIpc) is 2.48. The van der Waals surface area contributed by atoms with Crippen LogP contribution in [0, 0.1) is 5.41 Å². The maximum atomic E-state index is 3.63. The van der Waals surface area contributed by atoms with Crippen LogP contribution in [0.15, 0.2) is 30.3 Å². The Bertz CT molecular complexity index is 440. The molecule has 0 aliphatic carbocycles. The van der Waals surface area contributed by atoms with E-state index in [9.17, 15) is 0 Å². The number of hydrogen-bond donors (Lipinski definition) is 1. The molecule has 0 bridgehead atoms. The topological polar surface area (TPSA) is 15.3 Å². The summed E-state index contributed by atoms with van der Waals surface area (Å²) in [4.78, 5) is 2.73. The quantitative estimate of drug-likeness (QED) is 0.916. The summed E-state index contributed by atoms with van der Waals surface area (Å²) < 4.78 is 0. The van der Waals surface area contributed by atoms with Crippen molar-refractivity contribution in [2.75, 3.05) is 32.7 Å². The first kappa shape index (κ1) is 15.1. The molecule has 1 aromatic rings. The Hall–Kier alpha value is -0.860. The lowest BCUT2D eigenvalue weighted by atomic mass is 9.73. The van der Waals surface area contributed by atoms with Gasteiger partial charge in [-0.05, 0) is 49.8 Å². The Labute approximate surface area is 129 Å². The molecule has 1 unspecified atom stereocenters. The van der Waals surface area contributed by atoms with Gasteiger partial charge in [-0.3, -0.25) is 0 Å². The van der Waals surface area contributed by atoms with Gasteiger partial charge >= 0.3 is 0 Å². The minimum absolute atomic E-state index is 0.238. The largest absolute Gasteiger partial charge is 0.316 e. The second-order valence-electron chi connectivity index (χ2n) is 7.84. The van der Waals surface area contributed by atoms with Crippen LogP contribution in [0.2, 0.25) is 0 Å². The van der Waals surface area contributed by atoms with Crippen molar-refractivity contribution in [1.82, 2.24) is 10.2 Å². The number of hydrogen-bond acceptors (Lipinski definition) is 2. The SMILES string of the molecule is CC(C)(CN1CCCC2(CCCNC2)C1)c1ccccc1. The molecule has 21 heavy (non-hydrogen) atoms. The highest BCUT2D eigenvalue weighted by atomic mass is 15.2. The van der Waals surface area contributed by atoms with Crippen molar-refractivity contribution >= 4 is 0 Å². The van der Waals surface area contributed by atoms with Crippen LogP contribution in [0.25, 0.3) is 0 Å². The summed E-state index contributed by atoms with van der Waals surface area (Å²) in [6.07, 6.45) is 5.56. The molecule has 1 atom stereocenters. The Morgan fingerprint density at radius 3 is 2.62 bits per heavy atom. The zero-order valence-corrected chi connectivity index (χ0v) is 13.7. The van der Waals surface area contributed by atoms with Gasteiger partial charge in [-0.15, -0.1) is 0 Å². The van der Waals surface area contributed by atoms with E-state index in [1.807, 2.05) is 0 Å². The van der Waals surface area contributed by atoms with E-state index < -0.39 is 0 Å². The molecule has 116 valence electrons. The van der Waals surface area contributed by atoms with Crippen molar-refractivity contribution < 1.29 is 0 Å². The van der Waals surface area contributed by atoms with Gasteiger partial charge in [0, 0.05) is 25.0 Å². The Kier molecular flexibility index (Phi) is 4.37. The van der Waals surface area contributed by atoms with Gasteiger partial charge in [0.1, 0.15) is 0 Å². The van der Waals surface area contributed by atoms with Crippen LogP contribution in [-0.4, -0.2) is 37.6 Å². The molecule has 0 aromatic heterocycles. The van der Waals surface area contributed by atoms with E-state index >= 15 is 0 Å². The lowest BCUT2D eigenvalue weighted by Gasteiger charge is -2.47. The summed E-state index contributed by atoms with van der Waals surface area (Å²) in [6, 6.07) is 11.0. The Morgan fingerprint density at radius 1 is 1.14 bits per heavy atom. The summed E-state index contributed by atoms with van der Waals surface area (Å²) in [6.45, 7) is 11.0. The number of rotatable bonds is 3. The van der Waals surface area contributed by atoms with Crippen LogP contribution < -0.4 is 5.32 Å². The van der Waals surface area contributed by atoms with Crippen LogP contribution in [0.3, 0.4) is 0 Å². The van der Waals surface area contributed by atoms with E-state index in [4.69, 9.17) is 0 Å². The van der Waals surface area contributed by atoms with Gasteiger partial charge in [0.2, 0.25) is 0 Å². The number of likely N-dealkylation sites (tertiary alicyclic amines) is 1. The Balaban J connectivity index is 1.67. The number of nitrogens with one attached hydrogen (secondary N) is 1. The first-order chi connectivity index (χ1) is 10.1. The number of benzene rings is 1. The standard InChI is InChI=1S/C19H30N2/c1-18(2,17-8-4-3-5-9-17)15-21-13-7-11-19(16-21)10-6-12-20-14-19/h3-5,8-9,20H,6-7,10-16H2,1-2H3. The van der Waals surface area contributed by atoms with Gasteiger partial charge in [0.15, 0.2) is 0 Å². The van der Waals surface area contributed by atoms with Crippen LogP contribution in [-0.2, 0) is 5.41 Å². The first-order valence-corrected chi connectivity index (χ1v) is 8.58. The van der Waals surface area contributed by atoms with Gasteiger partial charge in [-0.1, -0.05) is 44.2 Å². The third kappa shape index (κ3) is 3.49. The van der Waals surface area contributed by atoms with E-state index in [1.54, 1.807) is 0 Å². The van der Waals surface area contributed by atoms with Gasteiger partial charge in [-0.2, -0.15) is 0 Å². The lowest BCUT2D eigenvalue weighted by Crippen LogP contribution is -2.53. The second-order valence-corrected chi connectivity index (χ2v) is 7.84. The molecule has 2 heterocycles. The van der Waals surface area contributed by atoms with E-state index in [0.717, 1.165) is 0 Å². The number of piperidine rings is 2. The van der Waals surface area contributed by atoms with E-state index in [1.165, 1.54) is 64.0 Å². The normalized spacial score (nSPS) is 27.9. The molecule has 1 spiro atoms. The third-order valence-corrected chi connectivity index (χ3v) is 5.48. The monoisotopic (exact) mass is 286 g/mol. The molecule has 0 amide bonds. The molecule has 0 radical (unpaired) electrons. The lowest BCUT2D eigenvalue weighted by molar-refractivity contribution is 0.0533. The molecule has 0 saturated carbocycles. The summed E-state index contributed by atoms with van der Waals surface area (Å²) >= 11 is 0. The summed E-state index contributed by atoms with van der Waals surface area (Å²) in [7, 11) is 0. The zero-order chi connectivity index (χ0) is 14.8. The molecular formula is C19H30N2. The van der Waals surface area contributed by atoms with Crippen LogP contribution >= 0.6 is 0 Å². The van der Waals surface area contributed by atoms with Gasteiger partial charge in [0.25, 0.3) is 0 Å². The fourth-order valence-corrected chi connectivity index (χ4v) is 4.36. The average molecular weight is 286 g/mol. The van der Waals surface area contributed by atoms with Crippen molar-refractivity contribution in [3.05, 3.63) is 35.9 Å². The smallest absolute Gasteiger partial charge is 0.00735 e. The molecule has 1 aromatic carbocycles. The highest BCUT2D eigenvalue weighted by Crippen LogP contribution is 2.37. The van der Waals surface area contributed by atoms with Gasteiger partial charge < -0.3 is 10.2 Å². The fourth-order valence-electron chi connectivity index (χ4n) is 4.36. The van der Waals surface area contributed by atoms with E-state index in [2.05, 4.69) is 54.4 Å². The maximum absolute atomic E-state index is 3.63. The summed E-state index contributed by atoms with van der Waals surface area (Å²) in [5.41, 5.74) is 2.26. The van der Waals surface area contributed by atoms with Crippen LogP contribution in [0.5, 0.6) is 0 Å². The predicted molar refractivity (Wildman–Crippen MR) is 89.7 cm³/mol. The predicted octanol–water partition coefficient (Wildman–Crippen LogP) is 3.43. The maximum Gasteiger partial charge on any atom is 0.00735 e. The van der Waals surface area contributed by atoms with Crippen molar-refractivity contribution in [3.8, 4) is 0 Å². The highest BCUT2D eigenvalue weighted by molar-refractivity contribution is 5.24. The third-order valence-electron chi connectivity index (χ3n) is 5.48. The molecule has 2 nitrogen and oxygen atoms in total. The van der Waals surface area contributed by atoms with Gasteiger partial charge in [-0.25, -0.2) is 0 Å². The Morgan fingerprint density at radius 2 is 1.90 bits per heavy atom. The fraction of sp³-hybridized carbons (Fsp3) is 0.684. The second kappa shape index (κ2) is 6.10. The minimum Gasteiger partial charge on any atom is -0.316 e. The molecule has 2 aliphatic heterocycles. The van der Waals surface area contributed by atoms with Gasteiger partial charge in [0.05, 0.1) is 0 Å². The molecule has 3 rings (SSSR count). The van der Waals surface area contributed by atoms with Crippen molar-refractivity contribution in [1.29, 1.82) is 0 Å². The molecule has 2 aliphatic rings. The van der Waals surface area contributed by atoms with E-state index in [-0.39, 0.29) is 5.41 Å². The van der Waals surface area contributed by atoms with Crippen molar-refractivity contribution in [3.63, 3.8) is 0 Å². The summed E-state index contributed by atoms with van der Waals surface area (Å²) in [5, 5.41) is 3.63. The highest BCUT2D eigenvalue weighted by Gasteiger charge is 2.37. The molecular weight excluding hydrogens is 256 g/mol. The van der Waals surface area contributed by atoms with E-state index in [0.29, 0.717) is 5.41 Å².